The minimum atomic E-state index is -3.08. The molecular weight excluding hydrogens is 873 g/mol. The smallest absolute Gasteiger partial charge is 0.190 e. The van der Waals surface area contributed by atoms with Crippen LogP contribution in [0.15, 0.2) is 255 Å². The number of imidazole rings is 1. The number of hydrogen-bond donors (Lipinski definition) is 0. The number of rotatable bonds is 7. The van der Waals surface area contributed by atoms with Crippen LogP contribution in [0.25, 0.3) is 54.9 Å². The van der Waals surface area contributed by atoms with E-state index in [9.17, 15) is 0 Å². The lowest BCUT2D eigenvalue weighted by atomic mass is 10.1. The highest BCUT2D eigenvalue weighted by molar-refractivity contribution is 7.21. The first-order valence-electron chi connectivity index (χ1n) is 23.6. The number of benzene rings is 9. The molecule has 0 bridgehead atoms. The van der Waals surface area contributed by atoms with Gasteiger partial charge in [-0.25, -0.2) is 9.97 Å². The second-order valence-electron chi connectivity index (χ2n) is 18.1. The second kappa shape index (κ2) is 15.5. The van der Waals surface area contributed by atoms with E-state index in [4.69, 9.17) is 14.7 Å². The number of nitrogens with zero attached hydrogens (tertiary/aromatic N) is 4. The Morgan fingerprint density at radius 1 is 0.420 bits per heavy atom. The third-order valence-electron chi connectivity index (χ3n) is 14.7. The van der Waals surface area contributed by atoms with Crippen molar-refractivity contribution in [3.8, 4) is 17.2 Å². The molecule has 0 atom stereocenters. The summed E-state index contributed by atoms with van der Waals surface area (Å²) in [7, 11) is -6.02. The molecular formula is C62H42N4OSi2. The van der Waals surface area contributed by atoms with Crippen LogP contribution in [0.1, 0.15) is 0 Å². The molecule has 0 saturated carbocycles. The Morgan fingerprint density at radius 3 is 1.74 bits per heavy atom. The van der Waals surface area contributed by atoms with Gasteiger partial charge in [0, 0.05) is 45.6 Å². The van der Waals surface area contributed by atoms with Crippen molar-refractivity contribution in [2.24, 2.45) is 0 Å². The molecule has 5 nitrogen and oxygen atoms in total. The Kier molecular flexibility index (Phi) is 8.86. The largest absolute Gasteiger partial charge is 0.457 e. The molecule has 324 valence electrons. The summed E-state index contributed by atoms with van der Waals surface area (Å²) in [6, 6.07) is 87.0. The minimum Gasteiger partial charge on any atom is -0.457 e. The monoisotopic (exact) mass is 914 g/mol. The zero-order chi connectivity index (χ0) is 45.5. The molecule has 0 fully saturated rings. The van der Waals surface area contributed by atoms with Gasteiger partial charge in [0.2, 0.25) is 0 Å². The summed E-state index contributed by atoms with van der Waals surface area (Å²) in [6.45, 7) is 0. The zero-order valence-corrected chi connectivity index (χ0v) is 39.4. The van der Waals surface area contributed by atoms with Gasteiger partial charge in [-0.05, 0) is 72.0 Å². The van der Waals surface area contributed by atoms with Crippen molar-refractivity contribution in [3.63, 3.8) is 0 Å². The lowest BCUT2D eigenvalue weighted by Gasteiger charge is -2.39. The van der Waals surface area contributed by atoms with Crippen molar-refractivity contribution < 1.29 is 4.74 Å². The van der Waals surface area contributed by atoms with Crippen LogP contribution < -0.4 is 46.2 Å². The molecule has 4 aromatic heterocycles. The van der Waals surface area contributed by atoms with E-state index >= 15 is 0 Å². The van der Waals surface area contributed by atoms with Crippen LogP contribution in [0.5, 0.6) is 11.5 Å². The Morgan fingerprint density at radius 2 is 1.01 bits per heavy atom. The molecule has 5 heterocycles. The van der Waals surface area contributed by atoms with E-state index in [1.54, 1.807) is 0 Å². The summed E-state index contributed by atoms with van der Waals surface area (Å²) in [4.78, 5) is 10.6. The maximum Gasteiger partial charge on any atom is 0.190 e. The number of fused-ring (bicyclic) bond motifs is 12. The molecule has 14 rings (SSSR count). The van der Waals surface area contributed by atoms with E-state index < -0.39 is 16.1 Å². The summed E-state index contributed by atoms with van der Waals surface area (Å²) in [5, 5.41) is 15.8. The van der Waals surface area contributed by atoms with Crippen LogP contribution in [0, 0.1) is 0 Å². The van der Waals surface area contributed by atoms with Crippen molar-refractivity contribution >= 4 is 107 Å². The van der Waals surface area contributed by atoms with Gasteiger partial charge < -0.3 is 4.74 Å². The number of para-hydroxylation sites is 3. The van der Waals surface area contributed by atoms with Gasteiger partial charge in [-0.3, -0.25) is 8.97 Å². The topological polar surface area (TPSA) is 44.4 Å². The molecule has 0 unspecified atom stereocenters. The second-order valence-corrected chi connectivity index (χ2v) is 25.6. The molecule has 9 aromatic carbocycles. The van der Waals surface area contributed by atoms with Crippen molar-refractivity contribution in [2.45, 2.75) is 0 Å². The summed E-state index contributed by atoms with van der Waals surface area (Å²) in [5.74, 6) is 1.78. The fourth-order valence-electron chi connectivity index (χ4n) is 11.9. The van der Waals surface area contributed by atoms with Crippen LogP contribution >= 0.6 is 0 Å². The standard InChI is InChI=1S/C62H42N4OSi2/c1-5-21-44(22-6-1)68(45-23-7-2-8-24-45,49-36-37-50-51-30-13-15-32-54(51)65-39-38-63-61(65)53(50)41-49)48-29-19-20-43(40-48)66-55-33-16-14-31-52(55)59-60-58(42-64-62(59)66)69(46-25-9-3-10-26-46,47-27-11-4-12-28-47)57-35-18-17-34-56(57)67-60/h1-42H. The SMILES string of the molecule is c1ccc([Si](c2ccccc2)(c2cccc(-n3c4ccccc4c4c5c(cnc43)[Si](c3ccccc3)(c3ccccc3)c3ccccc3O5)c2)c2ccc3c4ccccc4n4ccnc4c3c2)cc1. The predicted molar refractivity (Wildman–Crippen MR) is 290 cm³/mol. The van der Waals surface area contributed by atoms with E-state index in [1.165, 1.54) is 47.1 Å². The van der Waals surface area contributed by atoms with Gasteiger partial charge in [-0.15, -0.1) is 0 Å². The van der Waals surface area contributed by atoms with Gasteiger partial charge >= 0.3 is 0 Å². The first-order chi connectivity index (χ1) is 34.2. The lowest BCUT2D eigenvalue weighted by molar-refractivity contribution is 0.492. The fourth-order valence-corrected chi connectivity index (χ4v) is 21.5. The van der Waals surface area contributed by atoms with Gasteiger partial charge in [0.05, 0.1) is 16.4 Å². The molecule has 0 amide bonds. The van der Waals surface area contributed by atoms with E-state index in [0.29, 0.717) is 0 Å². The Hall–Kier alpha value is -8.63. The molecule has 0 saturated heterocycles. The van der Waals surface area contributed by atoms with Crippen LogP contribution in [-0.4, -0.2) is 35.1 Å². The van der Waals surface area contributed by atoms with E-state index in [0.717, 1.165) is 60.9 Å². The maximum absolute atomic E-state index is 7.27. The first kappa shape index (κ1) is 39.5. The third kappa shape index (κ3) is 5.63. The molecule has 0 spiro atoms. The maximum atomic E-state index is 7.27. The minimum absolute atomic E-state index is 0.862. The number of aromatic nitrogens is 4. The van der Waals surface area contributed by atoms with Crippen LogP contribution in [0.4, 0.5) is 0 Å². The van der Waals surface area contributed by atoms with Crippen LogP contribution in [0.2, 0.25) is 0 Å². The first-order valence-corrected chi connectivity index (χ1v) is 27.6. The van der Waals surface area contributed by atoms with Gasteiger partial charge in [0.25, 0.3) is 0 Å². The molecule has 13 aromatic rings. The molecule has 1 aliphatic rings. The highest BCUT2D eigenvalue weighted by Crippen LogP contribution is 2.40. The van der Waals surface area contributed by atoms with E-state index in [1.807, 2.05) is 6.20 Å². The molecule has 69 heavy (non-hydrogen) atoms. The van der Waals surface area contributed by atoms with Gasteiger partial charge in [-0.2, -0.15) is 0 Å². The summed E-state index contributed by atoms with van der Waals surface area (Å²) in [6.07, 6.45) is 6.14. The van der Waals surface area contributed by atoms with Gasteiger partial charge in [-0.1, -0.05) is 206 Å². The zero-order valence-electron chi connectivity index (χ0n) is 37.4. The van der Waals surface area contributed by atoms with Gasteiger partial charge in [0.1, 0.15) is 22.8 Å². The highest BCUT2D eigenvalue weighted by Gasteiger charge is 2.49. The molecule has 0 radical (unpaired) electrons. The average molecular weight is 915 g/mol. The Labute approximate surface area is 400 Å². The molecule has 1 aliphatic heterocycles. The normalized spacial score (nSPS) is 13.2. The summed E-state index contributed by atoms with van der Waals surface area (Å²) >= 11 is 0. The van der Waals surface area contributed by atoms with Crippen molar-refractivity contribution in [1.82, 2.24) is 18.9 Å². The van der Waals surface area contributed by atoms with Crippen molar-refractivity contribution in [1.29, 1.82) is 0 Å². The number of hydrogen-bond acceptors (Lipinski definition) is 3. The van der Waals surface area contributed by atoms with Crippen molar-refractivity contribution in [2.75, 3.05) is 0 Å². The van der Waals surface area contributed by atoms with Crippen molar-refractivity contribution in [3.05, 3.63) is 255 Å². The molecule has 0 N–H and O–H groups in total. The Bertz CT molecular complexity index is 4040. The summed E-state index contributed by atoms with van der Waals surface area (Å²) < 4.78 is 11.9. The fraction of sp³-hybridized carbons (Fsp3) is 0. The number of pyridine rings is 2. The van der Waals surface area contributed by atoms with E-state index in [-0.39, 0.29) is 0 Å². The molecule has 7 heteroatoms. The predicted octanol–water partition coefficient (Wildman–Crippen LogP) is 8.99. The van der Waals surface area contributed by atoms with Crippen LogP contribution in [0.3, 0.4) is 0 Å². The average Bonchev–Trinajstić information content (AvgIpc) is 4.06. The third-order valence-corrected chi connectivity index (χ3v) is 24.2. The highest BCUT2D eigenvalue weighted by atomic mass is 28.3. The summed E-state index contributed by atoms with van der Waals surface area (Å²) in [5.41, 5.74) is 5.09. The van der Waals surface area contributed by atoms with Gasteiger partial charge in [0.15, 0.2) is 16.1 Å². The lowest BCUT2D eigenvalue weighted by Crippen LogP contribution is -2.76. The Balaban J connectivity index is 1.05. The van der Waals surface area contributed by atoms with E-state index in [2.05, 4.69) is 258 Å². The quantitative estimate of drug-likeness (QED) is 0.0912. The molecule has 0 aliphatic carbocycles. The number of ether oxygens (including phenoxy) is 1. The van der Waals surface area contributed by atoms with Crippen LogP contribution in [-0.2, 0) is 0 Å².